The molecule has 1 atom stereocenters. The van der Waals surface area contributed by atoms with Crippen molar-refractivity contribution in [1.82, 2.24) is 15.1 Å². The van der Waals surface area contributed by atoms with Gasteiger partial charge in [0.1, 0.15) is 5.75 Å². The lowest BCUT2D eigenvalue weighted by Crippen LogP contribution is -2.34. The number of hydrogen-bond acceptors (Lipinski definition) is 3. The number of rotatable bonds is 3. The molecule has 0 saturated carbocycles. The summed E-state index contributed by atoms with van der Waals surface area (Å²) in [5, 5.41) is 25.4. The van der Waals surface area contributed by atoms with Gasteiger partial charge in [0.15, 0.2) is 0 Å². The molecule has 0 spiro atoms. The number of aromatic hydroxyl groups is 1. The van der Waals surface area contributed by atoms with Gasteiger partial charge >= 0.3 is 6.09 Å². The van der Waals surface area contributed by atoms with E-state index in [2.05, 4.69) is 10.4 Å². The Morgan fingerprint density at radius 3 is 3.06 bits per heavy atom. The number of nitrogens with one attached hydrogen (secondary N) is 1. The first-order valence-electron chi connectivity index (χ1n) is 5.20. The van der Waals surface area contributed by atoms with Gasteiger partial charge in [0.05, 0.1) is 18.3 Å². The van der Waals surface area contributed by atoms with Gasteiger partial charge in [-0.05, 0) is 19.1 Å². The minimum absolute atomic E-state index is 0.165. The SMILES string of the molecule is CC(Cn1ncc2ccc(O)cc21)NC(=O)O. The maximum absolute atomic E-state index is 10.5. The molecule has 0 aliphatic carbocycles. The van der Waals surface area contributed by atoms with E-state index in [-0.39, 0.29) is 11.8 Å². The van der Waals surface area contributed by atoms with Gasteiger partial charge in [-0.3, -0.25) is 4.68 Å². The molecule has 1 amide bonds. The van der Waals surface area contributed by atoms with Crippen molar-refractivity contribution in [2.45, 2.75) is 19.5 Å². The van der Waals surface area contributed by atoms with Crippen LogP contribution in [0.2, 0.25) is 0 Å². The molecule has 0 aliphatic rings. The summed E-state index contributed by atoms with van der Waals surface area (Å²) >= 11 is 0. The first-order chi connectivity index (χ1) is 8.06. The van der Waals surface area contributed by atoms with Gasteiger partial charge in [-0.25, -0.2) is 4.79 Å². The van der Waals surface area contributed by atoms with Crippen LogP contribution in [0.3, 0.4) is 0 Å². The first kappa shape index (κ1) is 11.3. The standard InChI is InChI=1S/C11H13N3O3/c1-7(13-11(16)17)6-14-10-4-9(15)3-2-8(10)5-12-14/h2-5,7,13,15H,6H2,1H3,(H,16,17). The molecule has 90 valence electrons. The number of aromatic nitrogens is 2. The van der Waals surface area contributed by atoms with Crippen LogP contribution in [0.25, 0.3) is 10.9 Å². The second-order valence-corrected chi connectivity index (χ2v) is 3.92. The molecule has 0 aliphatic heterocycles. The highest BCUT2D eigenvalue weighted by molar-refractivity contribution is 5.80. The first-order valence-corrected chi connectivity index (χ1v) is 5.20. The van der Waals surface area contributed by atoms with Gasteiger partial charge in [-0.2, -0.15) is 5.10 Å². The van der Waals surface area contributed by atoms with Crippen molar-refractivity contribution in [3.63, 3.8) is 0 Å². The zero-order chi connectivity index (χ0) is 12.4. The number of phenolic OH excluding ortho intramolecular Hbond substituents is 1. The van der Waals surface area contributed by atoms with Crippen molar-refractivity contribution < 1.29 is 15.0 Å². The number of benzene rings is 1. The lowest BCUT2D eigenvalue weighted by molar-refractivity contribution is 0.189. The van der Waals surface area contributed by atoms with Crippen LogP contribution in [0.5, 0.6) is 5.75 Å². The number of carboxylic acid groups (broad SMARTS) is 1. The van der Waals surface area contributed by atoms with Gasteiger partial charge in [0, 0.05) is 17.5 Å². The van der Waals surface area contributed by atoms with Crippen molar-refractivity contribution in [1.29, 1.82) is 0 Å². The van der Waals surface area contributed by atoms with Crippen molar-refractivity contribution in [3.8, 4) is 5.75 Å². The number of phenols is 1. The van der Waals surface area contributed by atoms with Crippen molar-refractivity contribution in [2.75, 3.05) is 0 Å². The van der Waals surface area contributed by atoms with Crippen LogP contribution >= 0.6 is 0 Å². The van der Waals surface area contributed by atoms with E-state index in [1.807, 2.05) is 0 Å². The third-order valence-corrected chi connectivity index (χ3v) is 2.44. The molecule has 2 aromatic rings. The Morgan fingerprint density at radius 2 is 2.35 bits per heavy atom. The molecule has 0 radical (unpaired) electrons. The van der Waals surface area contributed by atoms with E-state index < -0.39 is 6.09 Å². The maximum atomic E-state index is 10.5. The maximum Gasteiger partial charge on any atom is 0.404 e. The summed E-state index contributed by atoms with van der Waals surface area (Å²) in [6, 6.07) is 4.71. The Hall–Kier alpha value is -2.24. The van der Waals surface area contributed by atoms with Gasteiger partial charge < -0.3 is 15.5 Å². The topological polar surface area (TPSA) is 87.4 Å². The summed E-state index contributed by atoms with van der Waals surface area (Å²) in [7, 11) is 0. The van der Waals surface area contributed by atoms with E-state index in [1.165, 1.54) is 0 Å². The highest BCUT2D eigenvalue weighted by atomic mass is 16.4. The minimum atomic E-state index is -1.06. The summed E-state index contributed by atoms with van der Waals surface area (Å²) in [6.45, 7) is 2.17. The van der Waals surface area contributed by atoms with Crippen LogP contribution < -0.4 is 5.32 Å². The van der Waals surface area contributed by atoms with E-state index in [4.69, 9.17) is 5.11 Å². The van der Waals surface area contributed by atoms with Gasteiger partial charge in [0.2, 0.25) is 0 Å². The zero-order valence-electron chi connectivity index (χ0n) is 9.29. The van der Waals surface area contributed by atoms with E-state index >= 15 is 0 Å². The third kappa shape index (κ3) is 2.47. The Labute approximate surface area is 97.5 Å². The Kier molecular flexibility index (Phi) is 2.86. The number of fused-ring (bicyclic) bond motifs is 1. The van der Waals surface area contributed by atoms with Crippen LogP contribution in [0.15, 0.2) is 24.4 Å². The normalized spacial score (nSPS) is 12.5. The highest BCUT2D eigenvalue weighted by Crippen LogP contribution is 2.19. The third-order valence-electron chi connectivity index (χ3n) is 2.44. The summed E-state index contributed by atoms with van der Waals surface area (Å²) in [5.74, 6) is 0.165. The van der Waals surface area contributed by atoms with Crippen LogP contribution in [-0.2, 0) is 6.54 Å². The van der Waals surface area contributed by atoms with E-state index in [9.17, 15) is 9.90 Å². The number of hydrogen-bond donors (Lipinski definition) is 3. The largest absolute Gasteiger partial charge is 0.508 e. The van der Waals surface area contributed by atoms with Gasteiger partial charge in [-0.1, -0.05) is 0 Å². The highest BCUT2D eigenvalue weighted by Gasteiger charge is 2.09. The fraction of sp³-hybridized carbons (Fsp3) is 0.273. The summed E-state index contributed by atoms with van der Waals surface area (Å²) in [6.07, 6.45) is 0.624. The summed E-state index contributed by atoms with van der Waals surface area (Å²) in [4.78, 5) is 10.5. The van der Waals surface area contributed by atoms with Gasteiger partial charge in [0.25, 0.3) is 0 Å². The van der Waals surface area contributed by atoms with Crippen LogP contribution in [0.4, 0.5) is 4.79 Å². The minimum Gasteiger partial charge on any atom is -0.508 e. The molecule has 2 rings (SSSR count). The van der Waals surface area contributed by atoms with E-state index in [0.29, 0.717) is 6.54 Å². The van der Waals surface area contributed by atoms with Crippen LogP contribution in [0.1, 0.15) is 6.92 Å². The smallest absolute Gasteiger partial charge is 0.404 e. The monoisotopic (exact) mass is 235 g/mol. The number of nitrogens with zero attached hydrogens (tertiary/aromatic N) is 2. The lowest BCUT2D eigenvalue weighted by Gasteiger charge is -2.12. The lowest BCUT2D eigenvalue weighted by atomic mass is 10.2. The molecule has 17 heavy (non-hydrogen) atoms. The molecular weight excluding hydrogens is 222 g/mol. The molecule has 0 saturated heterocycles. The second kappa shape index (κ2) is 4.32. The quantitative estimate of drug-likeness (QED) is 0.750. The van der Waals surface area contributed by atoms with Crippen molar-refractivity contribution in [2.24, 2.45) is 0 Å². The molecular formula is C11H13N3O3. The molecule has 0 bridgehead atoms. The Balaban J connectivity index is 2.24. The average Bonchev–Trinajstić information content (AvgIpc) is 2.60. The zero-order valence-corrected chi connectivity index (χ0v) is 9.29. The molecule has 3 N–H and O–H groups in total. The fourth-order valence-corrected chi connectivity index (χ4v) is 1.72. The molecule has 6 nitrogen and oxygen atoms in total. The molecule has 1 aromatic carbocycles. The average molecular weight is 235 g/mol. The van der Waals surface area contributed by atoms with Crippen LogP contribution in [-0.4, -0.2) is 32.1 Å². The number of carbonyl (C=O) groups is 1. The van der Waals surface area contributed by atoms with Crippen molar-refractivity contribution in [3.05, 3.63) is 24.4 Å². The summed E-state index contributed by atoms with van der Waals surface area (Å²) in [5.41, 5.74) is 0.782. The molecule has 1 heterocycles. The molecule has 1 unspecified atom stereocenters. The summed E-state index contributed by atoms with van der Waals surface area (Å²) < 4.78 is 1.66. The van der Waals surface area contributed by atoms with Gasteiger partial charge in [-0.15, -0.1) is 0 Å². The van der Waals surface area contributed by atoms with E-state index in [0.717, 1.165) is 10.9 Å². The molecule has 6 heteroatoms. The van der Waals surface area contributed by atoms with E-state index in [1.54, 1.807) is 36.0 Å². The number of amides is 1. The predicted octanol–water partition coefficient (Wildman–Crippen LogP) is 1.40. The predicted molar refractivity (Wildman–Crippen MR) is 62.0 cm³/mol. The Bertz CT molecular complexity index is 550. The molecule has 1 aromatic heterocycles. The Morgan fingerprint density at radius 1 is 1.59 bits per heavy atom. The second-order valence-electron chi connectivity index (χ2n) is 3.92. The van der Waals surface area contributed by atoms with Crippen molar-refractivity contribution >= 4 is 17.0 Å². The van der Waals surface area contributed by atoms with Crippen LogP contribution in [0, 0.1) is 0 Å². The fourth-order valence-electron chi connectivity index (χ4n) is 1.72. The molecule has 0 fully saturated rings.